The van der Waals surface area contributed by atoms with Crippen molar-refractivity contribution in [1.29, 1.82) is 0 Å². The van der Waals surface area contributed by atoms with E-state index in [1.807, 2.05) is 12.3 Å². The average molecular weight is 374 g/mol. The largest absolute Gasteiger partial charge is 0.504 e. The minimum absolute atomic E-state index is 0.190. The van der Waals surface area contributed by atoms with E-state index in [0.717, 1.165) is 22.2 Å². The molecule has 104 valence electrons. The van der Waals surface area contributed by atoms with Crippen LogP contribution in [0.2, 0.25) is 0 Å². The van der Waals surface area contributed by atoms with E-state index in [4.69, 9.17) is 4.74 Å². The fraction of sp³-hybridized carbons (Fsp3) is 0.500. The first-order valence-electron chi connectivity index (χ1n) is 6.56. The third-order valence-electron chi connectivity index (χ3n) is 3.22. The van der Waals surface area contributed by atoms with Gasteiger partial charge in [0.1, 0.15) is 0 Å². The fourth-order valence-electron chi connectivity index (χ4n) is 2.14. The van der Waals surface area contributed by atoms with Crippen molar-refractivity contribution < 1.29 is 9.84 Å². The number of phenolic OH excluding ortho intramolecular Hbond substituents is 1. The SMILES string of the molecule is COc1cc(/C=N\N2CCCCCC2)cc(I)c1O. The lowest BCUT2D eigenvalue weighted by atomic mass is 10.2. The Bertz CT molecular complexity index is 455. The highest BCUT2D eigenvalue weighted by Crippen LogP contribution is 2.31. The van der Waals surface area contributed by atoms with Crippen molar-refractivity contribution in [2.75, 3.05) is 20.2 Å². The Morgan fingerprint density at radius 2 is 1.95 bits per heavy atom. The smallest absolute Gasteiger partial charge is 0.171 e. The van der Waals surface area contributed by atoms with Crippen LogP contribution in [0, 0.1) is 3.57 Å². The summed E-state index contributed by atoms with van der Waals surface area (Å²) in [6.07, 6.45) is 6.88. The Morgan fingerprint density at radius 3 is 2.58 bits per heavy atom. The number of hydrogen-bond donors (Lipinski definition) is 1. The highest BCUT2D eigenvalue weighted by molar-refractivity contribution is 14.1. The molecule has 0 aliphatic carbocycles. The van der Waals surface area contributed by atoms with E-state index >= 15 is 0 Å². The van der Waals surface area contributed by atoms with E-state index in [1.165, 1.54) is 25.7 Å². The molecule has 2 rings (SSSR count). The van der Waals surface area contributed by atoms with Crippen molar-refractivity contribution in [2.45, 2.75) is 25.7 Å². The molecule has 1 aromatic carbocycles. The molecule has 19 heavy (non-hydrogen) atoms. The molecule has 0 aromatic heterocycles. The first kappa shape index (κ1) is 14.4. The lowest BCUT2D eigenvalue weighted by Crippen LogP contribution is -2.18. The lowest BCUT2D eigenvalue weighted by molar-refractivity contribution is 0.302. The van der Waals surface area contributed by atoms with Gasteiger partial charge >= 0.3 is 0 Å². The molecule has 4 nitrogen and oxygen atoms in total. The molecule has 1 aliphatic heterocycles. The molecule has 5 heteroatoms. The molecule has 1 saturated heterocycles. The quantitative estimate of drug-likeness (QED) is 0.653. The Morgan fingerprint density at radius 1 is 1.26 bits per heavy atom. The number of ether oxygens (including phenoxy) is 1. The van der Waals surface area contributed by atoms with E-state index in [-0.39, 0.29) is 5.75 Å². The van der Waals surface area contributed by atoms with Gasteiger partial charge in [0.2, 0.25) is 0 Å². The molecule has 0 spiro atoms. The number of benzene rings is 1. The second-order valence-electron chi connectivity index (χ2n) is 4.67. The summed E-state index contributed by atoms with van der Waals surface area (Å²) in [7, 11) is 1.56. The van der Waals surface area contributed by atoms with Gasteiger partial charge in [-0.15, -0.1) is 0 Å². The van der Waals surface area contributed by atoms with Gasteiger partial charge < -0.3 is 9.84 Å². The van der Waals surface area contributed by atoms with E-state index in [2.05, 4.69) is 32.7 Å². The van der Waals surface area contributed by atoms with Crippen LogP contribution in [0.25, 0.3) is 0 Å². The highest BCUT2D eigenvalue weighted by Gasteiger charge is 2.08. The van der Waals surface area contributed by atoms with Crippen LogP contribution >= 0.6 is 22.6 Å². The fourth-order valence-corrected chi connectivity index (χ4v) is 2.77. The molecule has 0 bridgehead atoms. The average Bonchev–Trinajstić information content (AvgIpc) is 2.68. The number of aromatic hydroxyl groups is 1. The second-order valence-corrected chi connectivity index (χ2v) is 5.83. The van der Waals surface area contributed by atoms with Crippen molar-refractivity contribution in [1.82, 2.24) is 5.01 Å². The van der Waals surface area contributed by atoms with E-state index < -0.39 is 0 Å². The number of hydrazone groups is 1. The van der Waals surface area contributed by atoms with Gasteiger partial charge in [0.15, 0.2) is 11.5 Å². The maximum atomic E-state index is 9.79. The van der Waals surface area contributed by atoms with Crippen LogP contribution in [-0.4, -0.2) is 36.5 Å². The minimum Gasteiger partial charge on any atom is -0.504 e. The minimum atomic E-state index is 0.190. The zero-order chi connectivity index (χ0) is 13.7. The number of nitrogens with zero attached hydrogens (tertiary/aromatic N) is 2. The number of halogens is 1. The molecule has 0 unspecified atom stereocenters. The summed E-state index contributed by atoms with van der Waals surface area (Å²) in [5.41, 5.74) is 0.947. The summed E-state index contributed by atoms with van der Waals surface area (Å²) in [5, 5.41) is 16.4. The summed E-state index contributed by atoms with van der Waals surface area (Å²) < 4.78 is 5.92. The molecule has 1 aliphatic rings. The molecule has 0 saturated carbocycles. The maximum absolute atomic E-state index is 9.79. The highest BCUT2D eigenvalue weighted by atomic mass is 127. The van der Waals surface area contributed by atoms with E-state index in [1.54, 1.807) is 13.2 Å². The van der Waals surface area contributed by atoms with Crippen molar-refractivity contribution in [3.63, 3.8) is 0 Å². The molecule has 1 N–H and O–H groups in total. The molecule has 1 fully saturated rings. The number of rotatable bonds is 3. The standard InChI is InChI=1S/C14H19IN2O2/c1-19-13-9-11(8-12(15)14(13)18)10-16-17-6-4-2-3-5-7-17/h8-10,18H,2-7H2,1H3/b16-10-. The normalized spacial score (nSPS) is 16.6. The Labute approximate surface area is 127 Å². The van der Waals surface area contributed by atoms with Gasteiger partial charge in [-0.05, 0) is 53.1 Å². The van der Waals surface area contributed by atoms with Gasteiger partial charge in [0.25, 0.3) is 0 Å². The van der Waals surface area contributed by atoms with Gasteiger partial charge in [0.05, 0.1) is 16.9 Å². The van der Waals surface area contributed by atoms with Crippen LogP contribution in [0.5, 0.6) is 11.5 Å². The predicted molar refractivity (Wildman–Crippen MR) is 85.0 cm³/mol. The number of hydrogen-bond acceptors (Lipinski definition) is 4. The predicted octanol–water partition coefficient (Wildman–Crippen LogP) is 3.22. The maximum Gasteiger partial charge on any atom is 0.171 e. The molecule has 1 heterocycles. The zero-order valence-electron chi connectivity index (χ0n) is 11.1. The van der Waals surface area contributed by atoms with Gasteiger partial charge in [0, 0.05) is 13.1 Å². The van der Waals surface area contributed by atoms with Crippen LogP contribution in [0.1, 0.15) is 31.2 Å². The summed E-state index contributed by atoms with van der Waals surface area (Å²) in [5.74, 6) is 0.680. The second kappa shape index (κ2) is 6.98. The summed E-state index contributed by atoms with van der Waals surface area (Å²) in [4.78, 5) is 0. The van der Waals surface area contributed by atoms with Crippen molar-refractivity contribution in [3.05, 3.63) is 21.3 Å². The zero-order valence-corrected chi connectivity index (χ0v) is 13.3. The number of phenols is 1. The summed E-state index contributed by atoms with van der Waals surface area (Å²) in [6.45, 7) is 2.06. The van der Waals surface area contributed by atoms with Gasteiger partial charge in [-0.2, -0.15) is 5.10 Å². The van der Waals surface area contributed by atoms with Crippen molar-refractivity contribution in [2.24, 2.45) is 5.10 Å². The first-order valence-corrected chi connectivity index (χ1v) is 7.64. The Kier molecular flexibility index (Phi) is 5.30. The van der Waals surface area contributed by atoms with E-state index in [9.17, 15) is 5.11 Å². The van der Waals surface area contributed by atoms with Crippen LogP contribution < -0.4 is 4.74 Å². The first-order chi connectivity index (χ1) is 9.20. The van der Waals surface area contributed by atoms with Gasteiger partial charge in [-0.1, -0.05) is 12.8 Å². The number of methoxy groups -OCH3 is 1. The molecule has 0 radical (unpaired) electrons. The molecular weight excluding hydrogens is 355 g/mol. The molecule has 0 amide bonds. The topological polar surface area (TPSA) is 45.1 Å². The summed E-state index contributed by atoms with van der Waals surface area (Å²) in [6, 6.07) is 3.71. The lowest BCUT2D eigenvalue weighted by Gasteiger charge is -2.15. The van der Waals surface area contributed by atoms with Crippen LogP contribution in [-0.2, 0) is 0 Å². The van der Waals surface area contributed by atoms with Crippen molar-refractivity contribution in [3.8, 4) is 11.5 Å². The van der Waals surface area contributed by atoms with Gasteiger partial charge in [-0.3, -0.25) is 5.01 Å². The molecule has 0 atom stereocenters. The van der Waals surface area contributed by atoms with Crippen LogP contribution in [0.15, 0.2) is 17.2 Å². The Hall–Kier alpha value is -0.980. The Balaban J connectivity index is 2.11. The third-order valence-corrected chi connectivity index (χ3v) is 4.05. The third kappa shape index (κ3) is 3.99. The van der Waals surface area contributed by atoms with Gasteiger partial charge in [-0.25, -0.2) is 0 Å². The monoisotopic (exact) mass is 374 g/mol. The molecular formula is C14H19IN2O2. The molecule has 1 aromatic rings. The van der Waals surface area contributed by atoms with Crippen molar-refractivity contribution >= 4 is 28.8 Å². The van der Waals surface area contributed by atoms with Crippen LogP contribution in [0.4, 0.5) is 0 Å². The van der Waals surface area contributed by atoms with Crippen LogP contribution in [0.3, 0.4) is 0 Å². The summed E-state index contributed by atoms with van der Waals surface area (Å²) >= 11 is 2.09. The van der Waals surface area contributed by atoms with E-state index in [0.29, 0.717) is 5.75 Å².